The number of piperidine rings is 1. The Labute approximate surface area is 185 Å². The molecule has 2 aliphatic heterocycles. The summed E-state index contributed by atoms with van der Waals surface area (Å²) < 4.78 is 11.1. The van der Waals surface area contributed by atoms with Crippen LogP contribution in [-0.4, -0.2) is 73.7 Å². The lowest BCUT2D eigenvalue weighted by Crippen LogP contribution is -2.59. The molecule has 3 fully saturated rings. The van der Waals surface area contributed by atoms with Crippen molar-refractivity contribution in [2.45, 2.75) is 52.0 Å². The van der Waals surface area contributed by atoms with Gasteiger partial charge in [-0.25, -0.2) is 0 Å². The lowest BCUT2D eigenvalue weighted by molar-refractivity contribution is -0.168. The molecular formula is C25H36N2O4. The van der Waals surface area contributed by atoms with E-state index in [1.54, 1.807) is 0 Å². The molecule has 2 saturated heterocycles. The van der Waals surface area contributed by atoms with E-state index in [-0.39, 0.29) is 17.8 Å². The zero-order chi connectivity index (χ0) is 21.8. The van der Waals surface area contributed by atoms with E-state index in [2.05, 4.69) is 11.8 Å². The lowest BCUT2D eigenvalue weighted by Gasteiger charge is -2.52. The van der Waals surface area contributed by atoms with E-state index in [9.17, 15) is 9.59 Å². The standard InChI is InChI=1S/C25H36N2O4/c1-3-19-7-5-6-8-22(19)23(28)27-12-10-20-17-21(26-13-15-30-16-14-26)9-11-25(20,18-27)24(29)31-4-2/h5-8,20-21H,3-4,9-18H2,1-2H3/t20-,21-,25-/m1/s1. The van der Waals surface area contributed by atoms with Crippen LogP contribution in [-0.2, 0) is 20.7 Å². The number of carbonyl (C=O) groups excluding carboxylic acids is 2. The maximum Gasteiger partial charge on any atom is 0.314 e. The Morgan fingerprint density at radius 1 is 1.13 bits per heavy atom. The van der Waals surface area contributed by atoms with Gasteiger partial charge in [-0.05, 0) is 56.6 Å². The first-order chi connectivity index (χ1) is 15.1. The average Bonchev–Trinajstić information content (AvgIpc) is 2.83. The minimum absolute atomic E-state index is 0.0508. The van der Waals surface area contributed by atoms with E-state index >= 15 is 0 Å². The first kappa shape index (κ1) is 22.3. The number of hydrogen-bond acceptors (Lipinski definition) is 5. The smallest absolute Gasteiger partial charge is 0.314 e. The van der Waals surface area contributed by atoms with Gasteiger partial charge in [0.15, 0.2) is 0 Å². The van der Waals surface area contributed by atoms with Crippen LogP contribution in [0.5, 0.6) is 0 Å². The Hall–Kier alpha value is -1.92. The predicted molar refractivity (Wildman–Crippen MR) is 119 cm³/mol. The highest BCUT2D eigenvalue weighted by Crippen LogP contribution is 2.48. The summed E-state index contributed by atoms with van der Waals surface area (Å²) in [5.74, 6) is 0.204. The molecule has 4 rings (SSSR count). The monoisotopic (exact) mass is 428 g/mol. The molecule has 1 amide bonds. The molecule has 0 aromatic heterocycles. The third-order valence-corrected chi connectivity index (χ3v) is 7.64. The number of aryl methyl sites for hydroxylation is 1. The van der Waals surface area contributed by atoms with E-state index in [4.69, 9.17) is 9.47 Å². The topological polar surface area (TPSA) is 59.1 Å². The highest BCUT2D eigenvalue weighted by Gasteiger charge is 2.54. The zero-order valence-electron chi connectivity index (χ0n) is 19.0. The number of nitrogens with zero attached hydrogens (tertiary/aromatic N) is 2. The molecule has 1 saturated carbocycles. The summed E-state index contributed by atoms with van der Waals surface area (Å²) in [4.78, 5) is 31.2. The second kappa shape index (κ2) is 9.70. The molecular weight excluding hydrogens is 392 g/mol. The number of carbonyl (C=O) groups is 2. The van der Waals surface area contributed by atoms with Gasteiger partial charge in [-0.3, -0.25) is 14.5 Å². The van der Waals surface area contributed by atoms with Crippen molar-refractivity contribution in [1.82, 2.24) is 9.80 Å². The number of esters is 1. The molecule has 1 aromatic carbocycles. The van der Waals surface area contributed by atoms with E-state index in [1.165, 1.54) is 0 Å². The number of likely N-dealkylation sites (tertiary alicyclic amines) is 1. The van der Waals surface area contributed by atoms with Gasteiger partial charge in [0.05, 0.1) is 25.2 Å². The number of ether oxygens (including phenoxy) is 2. The van der Waals surface area contributed by atoms with Crippen molar-refractivity contribution in [3.05, 3.63) is 35.4 Å². The Bertz CT molecular complexity index is 791. The number of morpholine rings is 1. The Kier molecular flexibility index (Phi) is 6.97. The summed E-state index contributed by atoms with van der Waals surface area (Å²) in [5, 5.41) is 0. The molecule has 0 spiro atoms. The van der Waals surface area contributed by atoms with Crippen LogP contribution in [0.2, 0.25) is 0 Å². The van der Waals surface area contributed by atoms with Crippen LogP contribution >= 0.6 is 0 Å². The van der Waals surface area contributed by atoms with Crippen LogP contribution in [0.1, 0.15) is 55.5 Å². The average molecular weight is 429 g/mol. The molecule has 6 nitrogen and oxygen atoms in total. The first-order valence-electron chi connectivity index (χ1n) is 11.9. The molecule has 0 N–H and O–H groups in total. The van der Waals surface area contributed by atoms with Crippen molar-refractivity contribution in [2.75, 3.05) is 46.0 Å². The van der Waals surface area contributed by atoms with Crippen molar-refractivity contribution in [2.24, 2.45) is 11.3 Å². The van der Waals surface area contributed by atoms with Gasteiger partial charge in [0, 0.05) is 37.8 Å². The molecule has 31 heavy (non-hydrogen) atoms. The van der Waals surface area contributed by atoms with E-state index in [1.807, 2.05) is 36.1 Å². The molecule has 0 bridgehead atoms. The van der Waals surface area contributed by atoms with E-state index in [0.29, 0.717) is 25.7 Å². The number of benzene rings is 1. The maximum atomic E-state index is 13.4. The summed E-state index contributed by atoms with van der Waals surface area (Å²) >= 11 is 0. The fraction of sp³-hybridized carbons (Fsp3) is 0.680. The van der Waals surface area contributed by atoms with Gasteiger partial charge in [-0.15, -0.1) is 0 Å². The van der Waals surface area contributed by atoms with Crippen molar-refractivity contribution in [3.8, 4) is 0 Å². The first-order valence-corrected chi connectivity index (χ1v) is 11.9. The molecule has 3 atom stereocenters. The quantitative estimate of drug-likeness (QED) is 0.675. The fourth-order valence-corrected chi connectivity index (χ4v) is 5.90. The second-order valence-electron chi connectivity index (χ2n) is 9.18. The summed E-state index contributed by atoms with van der Waals surface area (Å²) in [5.41, 5.74) is 1.26. The minimum Gasteiger partial charge on any atom is -0.466 e. The molecule has 3 aliphatic rings. The van der Waals surface area contributed by atoms with Gasteiger partial charge in [0.25, 0.3) is 5.91 Å². The van der Waals surface area contributed by atoms with Crippen LogP contribution in [0.3, 0.4) is 0 Å². The fourth-order valence-electron chi connectivity index (χ4n) is 5.90. The Morgan fingerprint density at radius 2 is 1.90 bits per heavy atom. The van der Waals surface area contributed by atoms with Gasteiger partial charge in [0.2, 0.25) is 0 Å². The SMILES string of the molecule is CCOC(=O)[C@@]12CC[C@@H](N3CCOCC3)C[C@H]1CCN(C(=O)c1ccccc1CC)C2. The zero-order valence-corrected chi connectivity index (χ0v) is 19.0. The van der Waals surface area contributed by atoms with Gasteiger partial charge in [0.1, 0.15) is 0 Å². The normalized spacial score (nSPS) is 29.3. The highest BCUT2D eigenvalue weighted by molar-refractivity contribution is 5.96. The highest BCUT2D eigenvalue weighted by atomic mass is 16.5. The molecule has 170 valence electrons. The Balaban J connectivity index is 1.55. The predicted octanol–water partition coefficient (Wildman–Crippen LogP) is 3.15. The van der Waals surface area contributed by atoms with Gasteiger partial charge in [-0.1, -0.05) is 25.1 Å². The largest absolute Gasteiger partial charge is 0.466 e. The van der Waals surface area contributed by atoms with Crippen LogP contribution in [0, 0.1) is 11.3 Å². The van der Waals surface area contributed by atoms with E-state index in [0.717, 1.165) is 69.5 Å². The van der Waals surface area contributed by atoms with Crippen molar-refractivity contribution < 1.29 is 19.1 Å². The summed E-state index contributed by atoms with van der Waals surface area (Å²) in [6.45, 7) is 9.04. The van der Waals surface area contributed by atoms with Crippen molar-refractivity contribution >= 4 is 11.9 Å². The van der Waals surface area contributed by atoms with Crippen LogP contribution < -0.4 is 0 Å². The van der Waals surface area contributed by atoms with Crippen LogP contribution in [0.25, 0.3) is 0 Å². The maximum absolute atomic E-state index is 13.4. The molecule has 6 heteroatoms. The number of fused-ring (bicyclic) bond motifs is 1. The molecule has 1 aromatic rings. The Morgan fingerprint density at radius 3 is 2.65 bits per heavy atom. The third kappa shape index (κ3) is 4.37. The van der Waals surface area contributed by atoms with Crippen molar-refractivity contribution in [3.63, 3.8) is 0 Å². The molecule has 1 aliphatic carbocycles. The van der Waals surface area contributed by atoms with Crippen LogP contribution in [0.4, 0.5) is 0 Å². The van der Waals surface area contributed by atoms with Crippen LogP contribution in [0.15, 0.2) is 24.3 Å². The third-order valence-electron chi connectivity index (χ3n) is 7.64. The second-order valence-corrected chi connectivity index (χ2v) is 9.18. The lowest BCUT2D eigenvalue weighted by atomic mass is 9.61. The van der Waals surface area contributed by atoms with Gasteiger partial charge < -0.3 is 14.4 Å². The van der Waals surface area contributed by atoms with E-state index < -0.39 is 5.41 Å². The number of rotatable bonds is 5. The minimum atomic E-state index is -0.576. The van der Waals surface area contributed by atoms with Gasteiger partial charge >= 0.3 is 5.97 Å². The summed E-state index contributed by atoms with van der Waals surface area (Å²) in [6.07, 6.45) is 4.45. The summed E-state index contributed by atoms with van der Waals surface area (Å²) in [7, 11) is 0. The number of amides is 1. The molecule has 2 heterocycles. The summed E-state index contributed by atoms with van der Waals surface area (Å²) in [6, 6.07) is 8.34. The van der Waals surface area contributed by atoms with Gasteiger partial charge in [-0.2, -0.15) is 0 Å². The van der Waals surface area contributed by atoms with Crippen molar-refractivity contribution in [1.29, 1.82) is 0 Å². The molecule has 0 radical (unpaired) electrons. The number of hydrogen-bond donors (Lipinski definition) is 0. The molecule has 0 unspecified atom stereocenters.